The van der Waals surface area contributed by atoms with Gasteiger partial charge in [-0.05, 0) is 70.6 Å². The smallest absolute Gasteiger partial charge is 0.411 e. The number of ether oxygens (including phenoxy) is 3. The molecule has 1 aromatic rings. The first-order valence-electron chi connectivity index (χ1n) is 11.0. The number of carbonyl (C=O) groups excluding carboxylic acids is 3. The molecular weight excluding hydrogens is 412 g/mol. The molecule has 1 aliphatic rings. The molecule has 1 heterocycles. The van der Waals surface area contributed by atoms with Crippen molar-refractivity contribution in [2.24, 2.45) is 0 Å². The van der Waals surface area contributed by atoms with E-state index in [1.54, 1.807) is 32.9 Å². The van der Waals surface area contributed by atoms with E-state index in [-0.39, 0.29) is 19.2 Å². The van der Waals surface area contributed by atoms with Gasteiger partial charge in [0.25, 0.3) is 0 Å². The Kier molecular flexibility index (Phi) is 9.56. The predicted molar refractivity (Wildman–Crippen MR) is 121 cm³/mol. The average Bonchev–Trinajstić information content (AvgIpc) is 2.75. The maximum absolute atomic E-state index is 12.6. The molecule has 1 N–H and O–H groups in total. The molecule has 1 aromatic carbocycles. The van der Waals surface area contributed by atoms with Gasteiger partial charge >= 0.3 is 18.2 Å². The van der Waals surface area contributed by atoms with E-state index in [9.17, 15) is 14.4 Å². The van der Waals surface area contributed by atoms with E-state index >= 15 is 0 Å². The second-order valence-corrected chi connectivity index (χ2v) is 8.67. The Morgan fingerprint density at radius 2 is 1.88 bits per heavy atom. The van der Waals surface area contributed by atoms with E-state index < -0.39 is 23.8 Å². The summed E-state index contributed by atoms with van der Waals surface area (Å²) in [5, 5.41) is 2.63. The van der Waals surface area contributed by atoms with Gasteiger partial charge in [0.2, 0.25) is 0 Å². The summed E-state index contributed by atoms with van der Waals surface area (Å²) in [5.41, 5.74) is 1.08. The molecule has 2 amide bonds. The van der Waals surface area contributed by atoms with Crippen LogP contribution in [0.4, 0.5) is 15.3 Å². The van der Waals surface area contributed by atoms with Crippen molar-refractivity contribution in [2.45, 2.75) is 64.5 Å². The fourth-order valence-corrected chi connectivity index (χ4v) is 3.30. The molecule has 1 atom stereocenters. The maximum Gasteiger partial charge on any atom is 0.411 e. The Balaban J connectivity index is 1.76. The fraction of sp³-hybridized carbons (Fsp3) is 0.542. The van der Waals surface area contributed by atoms with E-state index in [4.69, 9.17) is 14.2 Å². The van der Waals surface area contributed by atoms with E-state index in [1.165, 1.54) is 11.0 Å². The van der Waals surface area contributed by atoms with Crippen LogP contribution in [0.15, 0.2) is 36.9 Å². The average molecular weight is 447 g/mol. The number of benzene rings is 1. The van der Waals surface area contributed by atoms with Crippen molar-refractivity contribution in [3.63, 3.8) is 0 Å². The molecule has 0 bridgehead atoms. The van der Waals surface area contributed by atoms with Crippen molar-refractivity contribution in [3.05, 3.63) is 42.5 Å². The van der Waals surface area contributed by atoms with Gasteiger partial charge in [0, 0.05) is 12.2 Å². The van der Waals surface area contributed by atoms with Crippen molar-refractivity contribution < 1.29 is 28.6 Å². The lowest BCUT2D eigenvalue weighted by Crippen LogP contribution is -2.50. The molecule has 176 valence electrons. The number of esters is 1. The lowest BCUT2D eigenvalue weighted by molar-refractivity contribution is -0.151. The van der Waals surface area contributed by atoms with Gasteiger partial charge in [-0.2, -0.15) is 0 Å². The van der Waals surface area contributed by atoms with Crippen LogP contribution >= 0.6 is 0 Å². The number of anilines is 1. The molecule has 1 aliphatic heterocycles. The highest BCUT2D eigenvalue weighted by Crippen LogP contribution is 2.21. The normalized spacial score (nSPS) is 16.1. The van der Waals surface area contributed by atoms with Gasteiger partial charge in [-0.15, -0.1) is 0 Å². The predicted octanol–water partition coefficient (Wildman–Crippen LogP) is 4.69. The van der Waals surface area contributed by atoms with E-state index in [1.807, 2.05) is 12.1 Å². The molecule has 32 heavy (non-hydrogen) atoms. The Hall–Kier alpha value is -3.03. The number of hydrogen-bond acceptors (Lipinski definition) is 6. The van der Waals surface area contributed by atoms with Gasteiger partial charge in [-0.25, -0.2) is 14.4 Å². The van der Waals surface area contributed by atoms with Crippen LogP contribution in [0.5, 0.6) is 0 Å². The zero-order valence-corrected chi connectivity index (χ0v) is 19.2. The quantitative estimate of drug-likeness (QED) is 0.270. The van der Waals surface area contributed by atoms with Crippen LogP contribution < -0.4 is 5.32 Å². The number of rotatable bonds is 8. The first-order valence-corrected chi connectivity index (χ1v) is 11.0. The Morgan fingerprint density at radius 3 is 2.53 bits per heavy atom. The summed E-state index contributed by atoms with van der Waals surface area (Å²) < 4.78 is 15.8. The highest BCUT2D eigenvalue weighted by molar-refractivity contribution is 5.84. The van der Waals surface area contributed by atoms with E-state index in [0.717, 1.165) is 24.8 Å². The molecule has 0 spiro atoms. The number of nitrogens with one attached hydrogen (secondary N) is 1. The number of nitrogens with zero attached hydrogens (tertiary/aromatic N) is 1. The lowest BCUT2D eigenvalue weighted by Gasteiger charge is -2.35. The molecule has 0 saturated carbocycles. The zero-order valence-electron chi connectivity index (χ0n) is 19.2. The van der Waals surface area contributed by atoms with Crippen molar-refractivity contribution in [1.29, 1.82) is 0 Å². The van der Waals surface area contributed by atoms with Crippen LogP contribution in [0.25, 0.3) is 0 Å². The summed E-state index contributed by atoms with van der Waals surface area (Å²) in [4.78, 5) is 38.1. The lowest BCUT2D eigenvalue weighted by atomic mass is 10.0. The number of aryl methyl sites for hydroxylation is 1. The Morgan fingerprint density at radius 1 is 1.16 bits per heavy atom. The molecule has 1 saturated heterocycles. The summed E-state index contributed by atoms with van der Waals surface area (Å²) in [6, 6.07) is 6.78. The molecule has 2 rings (SSSR count). The van der Waals surface area contributed by atoms with E-state index in [0.29, 0.717) is 25.1 Å². The molecule has 8 heteroatoms. The molecule has 0 unspecified atom stereocenters. The summed E-state index contributed by atoms with van der Waals surface area (Å²) in [6.45, 7) is 9.82. The third-order valence-electron chi connectivity index (χ3n) is 4.79. The van der Waals surface area contributed by atoms with Crippen molar-refractivity contribution in [2.75, 3.05) is 25.1 Å². The van der Waals surface area contributed by atoms with Gasteiger partial charge in [-0.3, -0.25) is 10.2 Å². The van der Waals surface area contributed by atoms with Crippen molar-refractivity contribution in [1.82, 2.24) is 4.90 Å². The second kappa shape index (κ2) is 12.1. The minimum atomic E-state index is -0.611. The van der Waals surface area contributed by atoms with Crippen LogP contribution in [0.1, 0.15) is 52.0 Å². The van der Waals surface area contributed by atoms with Gasteiger partial charge in [0.05, 0.1) is 6.61 Å². The largest absolute Gasteiger partial charge is 0.464 e. The maximum atomic E-state index is 12.6. The Labute approximate surface area is 189 Å². The second-order valence-electron chi connectivity index (χ2n) is 8.67. The topological polar surface area (TPSA) is 94.2 Å². The van der Waals surface area contributed by atoms with Gasteiger partial charge < -0.3 is 14.2 Å². The summed E-state index contributed by atoms with van der Waals surface area (Å²) in [7, 11) is 0. The first kappa shape index (κ1) is 25.2. The number of carbonyl (C=O) groups is 3. The molecule has 0 radical (unpaired) electrons. The van der Waals surface area contributed by atoms with Crippen molar-refractivity contribution >= 4 is 23.8 Å². The molecule has 0 aromatic heterocycles. The van der Waals surface area contributed by atoms with Crippen LogP contribution in [-0.2, 0) is 25.4 Å². The van der Waals surface area contributed by atoms with Gasteiger partial charge in [-0.1, -0.05) is 24.8 Å². The molecular formula is C24H34N2O6. The third-order valence-corrected chi connectivity index (χ3v) is 4.79. The standard InChI is InChI=1S/C24H34N2O6/c1-5-16-31-22(28)25-19-13-11-18(12-14-19)9-8-17-30-21(27)20-10-6-7-15-26(20)23(29)32-24(2,3)4/h5,11-14,20H,1,6-10,15-17H2,2-4H3,(H,25,28)/t20-/m0/s1. The molecule has 8 nitrogen and oxygen atoms in total. The van der Waals surface area contributed by atoms with E-state index in [2.05, 4.69) is 11.9 Å². The van der Waals surface area contributed by atoms with Crippen LogP contribution in [0.3, 0.4) is 0 Å². The van der Waals surface area contributed by atoms with Crippen LogP contribution in [-0.4, -0.2) is 54.5 Å². The van der Waals surface area contributed by atoms with Crippen LogP contribution in [0.2, 0.25) is 0 Å². The highest BCUT2D eigenvalue weighted by atomic mass is 16.6. The Bertz CT molecular complexity index is 785. The first-order chi connectivity index (χ1) is 15.2. The molecule has 1 fully saturated rings. The van der Waals surface area contributed by atoms with Gasteiger partial charge in [0.15, 0.2) is 0 Å². The minimum absolute atomic E-state index is 0.152. The monoisotopic (exact) mass is 446 g/mol. The summed E-state index contributed by atoms with van der Waals surface area (Å²) in [6.07, 6.45) is 4.17. The highest BCUT2D eigenvalue weighted by Gasteiger charge is 2.35. The third kappa shape index (κ3) is 8.61. The SMILES string of the molecule is C=CCOC(=O)Nc1ccc(CCCOC(=O)[C@@H]2CCCCN2C(=O)OC(C)(C)C)cc1. The van der Waals surface area contributed by atoms with Gasteiger partial charge in [0.1, 0.15) is 18.2 Å². The molecule has 0 aliphatic carbocycles. The number of piperidine rings is 1. The summed E-state index contributed by atoms with van der Waals surface area (Å²) >= 11 is 0. The zero-order chi connectivity index (χ0) is 23.6. The minimum Gasteiger partial charge on any atom is -0.464 e. The van der Waals surface area contributed by atoms with Crippen LogP contribution in [0, 0.1) is 0 Å². The fourth-order valence-electron chi connectivity index (χ4n) is 3.30. The summed E-state index contributed by atoms with van der Waals surface area (Å²) in [5.74, 6) is -0.381. The van der Waals surface area contributed by atoms with Crippen molar-refractivity contribution in [3.8, 4) is 0 Å². The number of hydrogen-bond donors (Lipinski definition) is 1. The number of amides is 2. The number of likely N-dealkylation sites (tertiary alicyclic amines) is 1.